The first kappa shape index (κ1) is 15.0. The van der Waals surface area contributed by atoms with E-state index >= 15 is 0 Å². The summed E-state index contributed by atoms with van der Waals surface area (Å²) in [4.78, 5) is 0.214. The van der Waals surface area contributed by atoms with Crippen molar-refractivity contribution in [2.75, 3.05) is 12.3 Å². The Balaban J connectivity index is 3.09. The van der Waals surface area contributed by atoms with Crippen molar-refractivity contribution in [3.05, 3.63) is 23.3 Å². The minimum absolute atomic E-state index is 0.214. The lowest BCUT2D eigenvalue weighted by Crippen LogP contribution is -2.29. The molecule has 102 valence electrons. The number of nitrogens with one attached hydrogen (secondary N) is 1. The largest absolute Gasteiger partial charge is 0.397 e. The molecule has 1 atom stereocenters. The van der Waals surface area contributed by atoms with Crippen LogP contribution in [0.5, 0.6) is 0 Å². The molecule has 0 aliphatic carbocycles. The van der Waals surface area contributed by atoms with Gasteiger partial charge in [-0.2, -0.15) is 0 Å². The number of nitrogens with two attached hydrogens (primary N) is 1. The van der Waals surface area contributed by atoms with E-state index < -0.39 is 10.0 Å². The van der Waals surface area contributed by atoms with E-state index in [-0.39, 0.29) is 4.90 Å². The Morgan fingerprint density at radius 3 is 2.39 bits per heavy atom. The van der Waals surface area contributed by atoms with Gasteiger partial charge < -0.3 is 5.73 Å². The molecular formula is C13H22N2O2S. The van der Waals surface area contributed by atoms with E-state index in [4.69, 9.17) is 5.73 Å². The lowest BCUT2D eigenvalue weighted by Gasteiger charge is -2.15. The molecule has 0 fully saturated rings. The summed E-state index contributed by atoms with van der Waals surface area (Å²) in [5.41, 5.74) is 7.69. The van der Waals surface area contributed by atoms with Crippen molar-refractivity contribution in [3.63, 3.8) is 0 Å². The second kappa shape index (κ2) is 5.71. The van der Waals surface area contributed by atoms with Crippen molar-refractivity contribution in [3.8, 4) is 0 Å². The molecule has 0 saturated carbocycles. The first-order chi connectivity index (χ1) is 8.29. The van der Waals surface area contributed by atoms with Crippen LogP contribution in [0.3, 0.4) is 0 Å². The van der Waals surface area contributed by atoms with Crippen molar-refractivity contribution in [1.29, 1.82) is 0 Å². The molecule has 0 aromatic heterocycles. The van der Waals surface area contributed by atoms with Gasteiger partial charge in [0.05, 0.1) is 5.69 Å². The highest BCUT2D eigenvalue weighted by Gasteiger charge is 2.21. The Morgan fingerprint density at radius 1 is 1.28 bits per heavy atom. The summed E-state index contributed by atoms with van der Waals surface area (Å²) >= 11 is 0. The number of hydrogen-bond donors (Lipinski definition) is 2. The summed E-state index contributed by atoms with van der Waals surface area (Å²) in [5.74, 6) is 0.311. The highest BCUT2D eigenvalue weighted by molar-refractivity contribution is 7.89. The average Bonchev–Trinajstić information content (AvgIpc) is 2.31. The van der Waals surface area contributed by atoms with Gasteiger partial charge in [-0.25, -0.2) is 13.1 Å². The molecule has 5 heteroatoms. The van der Waals surface area contributed by atoms with Crippen molar-refractivity contribution in [2.24, 2.45) is 5.92 Å². The van der Waals surface area contributed by atoms with Crippen LogP contribution in [0, 0.1) is 19.8 Å². The molecule has 1 unspecified atom stereocenters. The fourth-order valence-electron chi connectivity index (χ4n) is 1.63. The lowest BCUT2D eigenvalue weighted by molar-refractivity contribution is 0.528. The molecule has 0 amide bonds. The maximum absolute atomic E-state index is 12.3. The molecule has 0 aliphatic heterocycles. The lowest BCUT2D eigenvalue weighted by atomic mass is 10.1. The first-order valence-corrected chi connectivity index (χ1v) is 7.63. The van der Waals surface area contributed by atoms with Gasteiger partial charge in [0.25, 0.3) is 0 Å². The first-order valence-electron chi connectivity index (χ1n) is 6.15. The van der Waals surface area contributed by atoms with E-state index in [9.17, 15) is 8.42 Å². The molecule has 0 saturated heterocycles. The number of aryl methyl sites for hydroxylation is 2. The maximum atomic E-state index is 12.3. The Labute approximate surface area is 110 Å². The second-order valence-electron chi connectivity index (χ2n) is 4.81. The van der Waals surface area contributed by atoms with Crippen LogP contribution < -0.4 is 10.5 Å². The topological polar surface area (TPSA) is 72.2 Å². The third-order valence-corrected chi connectivity index (χ3v) is 4.82. The maximum Gasteiger partial charge on any atom is 0.242 e. The molecule has 1 aromatic carbocycles. The Hall–Kier alpha value is -1.07. The average molecular weight is 270 g/mol. The molecule has 1 aromatic rings. The van der Waals surface area contributed by atoms with E-state index in [1.807, 2.05) is 26.8 Å². The van der Waals surface area contributed by atoms with Gasteiger partial charge in [-0.3, -0.25) is 0 Å². The summed E-state index contributed by atoms with van der Waals surface area (Å²) in [6.45, 7) is 8.04. The quantitative estimate of drug-likeness (QED) is 0.806. The van der Waals surface area contributed by atoms with Crippen molar-refractivity contribution in [1.82, 2.24) is 4.72 Å². The Morgan fingerprint density at radius 2 is 1.83 bits per heavy atom. The van der Waals surface area contributed by atoms with Gasteiger partial charge >= 0.3 is 0 Å². The molecule has 0 heterocycles. The SMILES string of the molecule is CCC(C)CNS(=O)(=O)c1c(C)ccc(C)c1N. The van der Waals surface area contributed by atoms with Crippen molar-refractivity contribution >= 4 is 15.7 Å². The summed E-state index contributed by atoms with van der Waals surface area (Å²) in [6, 6.07) is 3.61. The minimum atomic E-state index is -3.52. The molecule has 18 heavy (non-hydrogen) atoms. The van der Waals surface area contributed by atoms with Crippen LogP contribution >= 0.6 is 0 Å². The molecular weight excluding hydrogens is 248 g/mol. The van der Waals surface area contributed by atoms with Crippen LogP contribution in [-0.2, 0) is 10.0 Å². The van der Waals surface area contributed by atoms with Crippen LogP contribution in [0.1, 0.15) is 31.4 Å². The van der Waals surface area contributed by atoms with E-state index in [2.05, 4.69) is 4.72 Å². The Kier molecular flexibility index (Phi) is 4.76. The van der Waals surface area contributed by atoms with Gasteiger partial charge in [-0.1, -0.05) is 32.4 Å². The van der Waals surface area contributed by atoms with E-state index in [1.165, 1.54) is 0 Å². The number of benzene rings is 1. The van der Waals surface area contributed by atoms with Gasteiger partial charge in [0.2, 0.25) is 10.0 Å². The summed E-state index contributed by atoms with van der Waals surface area (Å²) in [7, 11) is -3.52. The van der Waals surface area contributed by atoms with Gasteiger partial charge in [0.15, 0.2) is 0 Å². The van der Waals surface area contributed by atoms with Crippen LogP contribution in [-0.4, -0.2) is 15.0 Å². The van der Waals surface area contributed by atoms with Gasteiger partial charge in [0, 0.05) is 6.54 Å². The predicted molar refractivity (Wildman–Crippen MR) is 75.0 cm³/mol. The van der Waals surface area contributed by atoms with E-state index in [1.54, 1.807) is 13.0 Å². The smallest absolute Gasteiger partial charge is 0.242 e. The number of rotatable bonds is 5. The number of anilines is 1. The molecule has 0 radical (unpaired) electrons. The Bertz CT molecular complexity index is 524. The molecule has 0 bridgehead atoms. The highest BCUT2D eigenvalue weighted by Crippen LogP contribution is 2.25. The summed E-state index contributed by atoms with van der Waals surface area (Å²) in [5, 5.41) is 0. The van der Waals surface area contributed by atoms with Crippen LogP contribution in [0.15, 0.2) is 17.0 Å². The number of nitrogen functional groups attached to an aromatic ring is 1. The normalized spacial score (nSPS) is 13.6. The number of sulfonamides is 1. The zero-order chi connectivity index (χ0) is 13.9. The molecule has 0 spiro atoms. The van der Waals surface area contributed by atoms with Crippen molar-refractivity contribution in [2.45, 2.75) is 39.0 Å². The second-order valence-corrected chi connectivity index (χ2v) is 6.51. The molecule has 0 aliphatic rings. The van der Waals surface area contributed by atoms with Gasteiger partial charge in [0.1, 0.15) is 4.90 Å². The van der Waals surface area contributed by atoms with Crippen molar-refractivity contribution < 1.29 is 8.42 Å². The minimum Gasteiger partial charge on any atom is -0.397 e. The van der Waals surface area contributed by atoms with Crippen LogP contribution in [0.4, 0.5) is 5.69 Å². The fourth-order valence-corrected chi connectivity index (χ4v) is 3.22. The third kappa shape index (κ3) is 3.23. The summed E-state index contributed by atoms with van der Waals surface area (Å²) in [6.07, 6.45) is 0.935. The molecule has 3 N–H and O–H groups in total. The van der Waals surface area contributed by atoms with E-state index in [0.717, 1.165) is 12.0 Å². The predicted octanol–water partition coefficient (Wildman–Crippen LogP) is 2.21. The monoisotopic (exact) mass is 270 g/mol. The molecule has 1 rings (SSSR count). The fraction of sp³-hybridized carbons (Fsp3) is 0.538. The molecule has 4 nitrogen and oxygen atoms in total. The van der Waals surface area contributed by atoms with E-state index in [0.29, 0.717) is 23.7 Å². The van der Waals surface area contributed by atoms with Gasteiger partial charge in [-0.15, -0.1) is 0 Å². The highest BCUT2D eigenvalue weighted by atomic mass is 32.2. The third-order valence-electron chi connectivity index (χ3n) is 3.20. The van der Waals surface area contributed by atoms with Crippen LogP contribution in [0.25, 0.3) is 0 Å². The zero-order valence-corrected chi connectivity index (χ0v) is 12.3. The zero-order valence-electron chi connectivity index (χ0n) is 11.4. The number of hydrogen-bond acceptors (Lipinski definition) is 3. The van der Waals surface area contributed by atoms with Gasteiger partial charge in [-0.05, 0) is 30.9 Å². The standard InChI is InChI=1S/C13H22N2O2S/c1-5-9(2)8-15-18(16,17)13-11(4)7-6-10(3)12(13)14/h6-7,9,15H,5,8,14H2,1-4H3. The van der Waals surface area contributed by atoms with Crippen LogP contribution in [0.2, 0.25) is 0 Å². The summed E-state index contributed by atoms with van der Waals surface area (Å²) < 4.78 is 27.1.